The molecule has 0 aromatic heterocycles. The highest BCUT2D eigenvalue weighted by molar-refractivity contribution is 7.89. The number of amides is 3. The predicted octanol–water partition coefficient (Wildman–Crippen LogP) is 6.76. The van der Waals surface area contributed by atoms with E-state index < -0.39 is 22.1 Å². The lowest BCUT2D eigenvalue weighted by Crippen LogP contribution is -2.56. The molecule has 0 saturated carbocycles. The van der Waals surface area contributed by atoms with Crippen molar-refractivity contribution in [3.63, 3.8) is 0 Å². The number of sulfonamides is 1. The smallest absolute Gasteiger partial charge is 0.326 e. The molecule has 2 fully saturated rings. The maximum atomic E-state index is 15.0. The number of nitrogens with zero attached hydrogens (tertiary/aromatic N) is 5. The summed E-state index contributed by atoms with van der Waals surface area (Å²) in [7, 11) is -3.83. The highest BCUT2D eigenvalue weighted by Crippen LogP contribution is 2.46. The first-order chi connectivity index (χ1) is 25.2. The average Bonchev–Trinajstić information content (AvgIpc) is 3.52. The number of aliphatic imine (C=N–C) groups is 1. The second kappa shape index (κ2) is 16.4. The van der Waals surface area contributed by atoms with E-state index in [1.165, 1.54) is 4.31 Å². The minimum Gasteiger partial charge on any atom is -0.493 e. The maximum absolute atomic E-state index is 15.0. The summed E-state index contributed by atoms with van der Waals surface area (Å²) >= 11 is 12.7. The van der Waals surface area contributed by atoms with Gasteiger partial charge in [0, 0.05) is 54.9 Å². The topological polar surface area (TPSA) is 115 Å². The second-order valence-electron chi connectivity index (χ2n) is 14.7. The van der Waals surface area contributed by atoms with E-state index in [-0.39, 0.29) is 28.9 Å². The third-order valence-electron chi connectivity index (χ3n) is 9.66. The number of piperidine rings is 1. The first-order valence-corrected chi connectivity index (χ1v) is 20.4. The molecule has 284 valence electrons. The summed E-state index contributed by atoms with van der Waals surface area (Å²) in [5, 5.41) is 4.13. The molecular weight excluding hydrogens is 735 g/mol. The number of urea groups is 1. The van der Waals surface area contributed by atoms with E-state index in [0.717, 1.165) is 30.4 Å². The van der Waals surface area contributed by atoms with Crippen LogP contribution < -0.4 is 10.1 Å². The number of ether oxygens (including phenoxy) is 1. The Morgan fingerprint density at radius 1 is 0.849 bits per heavy atom. The van der Waals surface area contributed by atoms with E-state index in [2.05, 4.69) is 5.32 Å². The fourth-order valence-corrected chi connectivity index (χ4v) is 8.94. The van der Waals surface area contributed by atoms with Gasteiger partial charge in [0.1, 0.15) is 17.6 Å². The molecule has 6 rings (SSSR count). The first kappa shape index (κ1) is 39.0. The Morgan fingerprint density at radius 2 is 1.45 bits per heavy atom. The van der Waals surface area contributed by atoms with Gasteiger partial charge >= 0.3 is 6.03 Å². The molecule has 0 radical (unpaired) electrons. The molecule has 3 aromatic carbocycles. The van der Waals surface area contributed by atoms with Crippen LogP contribution in [0.25, 0.3) is 0 Å². The van der Waals surface area contributed by atoms with E-state index in [1.54, 1.807) is 52.3 Å². The van der Waals surface area contributed by atoms with Gasteiger partial charge in [0.05, 0.1) is 29.7 Å². The normalized spacial score (nSPS) is 20.3. The predicted molar refractivity (Wildman–Crippen MR) is 208 cm³/mol. The summed E-state index contributed by atoms with van der Waals surface area (Å²) in [5.41, 5.74) is 1.69. The van der Waals surface area contributed by atoms with E-state index in [0.29, 0.717) is 73.1 Å². The highest BCUT2D eigenvalue weighted by Gasteiger charge is 2.45. The van der Waals surface area contributed by atoms with Gasteiger partial charge in [0.25, 0.3) is 0 Å². The van der Waals surface area contributed by atoms with Gasteiger partial charge in [-0.25, -0.2) is 13.2 Å². The zero-order chi connectivity index (χ0) is 37.9. The number of nitrogens with one attached hydrogen (secondary N) is 1. The number of rotatable bonds is 9. The van der Waals surface area contributed by atoms with E-state index in [4.69, 9.17) is 32.9 Å². The monoisotopic (exact) mass is 782 g/mol. The Morgan fingerprint density at radius 3 is 2.04 bits per heavy atom. The van der Waals surface area contributed by atoms with Gasteiger partial charge in [-0.15, -0.1) is 0 Å². The van der Waals surface area contributed by atoms with Gasteiger partial charge in [0.2, 0.25) is 15.9 Å². The lowest BCUT2D eigenvalue weighted by molar-refractivity contribution is -0.124. The summed E-state index contributed by atoms with van der Waals surface area (Å²) in [6.07, 6.45) is 2.60. The molecule has 3 heterocycles. The Bertz CT molecular complexity index is 1920. The van der Waals surface area contributed by atoms with Crippen molar-refractivity contribution in [3.8, 4) is 5.75 Å². The summed E-state index contributed by atoms with van der Waals surface area (Å²) in [5.74, 6) is 0.659. The number of hydrogen-bond acceptors (Lipinski definition) is 7. The van der Waals surface area contributed by atoms with Gasteiger partial charge in [-0.3, -0.25) is 19.6 Å². The van der Waals surface area contributed by atoms with Crippen molar-refractivity contribution in [2.75, 3.05) is 52.4 Å². The Hall–Kier alpha value is -3.68. The molecular formula is C39H48Cl2N6O5S. The average molecular weight is 784 g/mol. The largest absolute Gasteiger partial charge is 0.493 e. The third-order valence-corrected chi connectivity index (χ3v) is 12.1. The van der Waals surface area contributed by atoms with Crippen molar-refractivity contribution in [3.05, 3.63) is 93.5 Å². The fraction of sp³-hybridized carbons (Fsp3) is 0.462. The van der Waals surface area contributed by atoms with Crippen molar-refractivity contribution in [1.82, 2.24) is 24.3 Å². The summed E-state index contributed by atoms with van der Waals surface area (Å²) < 4.78 is 35.7. The quantitative estimate of drug-likeness (QED) is 0.257. The third kappa shape index (κ3) is 9.00. The molecule has 0 bridgehead atoms. The number of carbonyl (C=O) groups excluding carboxylic acids is 2. The molecule has 0 unspecified atom stereocenters. The van der Waals surface area contributed by atoms with Gasteiger partial charge in [0.15, 0.2) is 0 Å². The number of amidine groups is 1. The van der Waals surface area contributed by atoms with Crippen LogP contribution in [0.15, 0.2) is 76.6 Å². The lowest BCUT2D eigenvalue weighted by atomic mass is 9.93. The summed E-state index contributed by atoms with van der Waals surface area (Å²) in [6, 6.07) is 18.1. The molecule has 53 heavy (non-hydrogen) atoms. The minimum atomic E-state index is -3.83. The van der Waals surface area contributed by atoms with Crippen LogP contribution in [0.1, 0.15) is 75.7 Å². The van der Waals surface area contributed by atoms with Gasteiger partial charge in [-0.05, 0) is 94.1 Å². The molecule has 0 spiro atoms. The van der Waals surface area contributed by atoms with Gasteiger partial charge in [-0.1, -0.05) is 53.9 Å². The molecule has 14 heteroatoms. The van der Waals surface area contributed by atoms with Gasteiger partial charge < -0.3 is 15.0 Å². The number of piperazine rings is 1. The summed E-state index contributed by atoms with van der Waals surface area (Å²) in [4.78, 5) is 38.6. The zero-order valence-corrected chi connectivity index (χ0v) is 33.1. The van der Waals surface area contributed by atoms with Crippen LogP contribution in [0, 0.1) is 0 Å². The van der Waals surface area contributed by atoms with Crippen molar-refractivity contribution in [2.24, 2.45) is 4.99 Å². The van der Waals surface area contributed by atoms with Crippen LogP contribution >= 0.6 is 23.2 Å². The summed E-state index contributed by atoms with van der Waals surface area (Å²) in [6.45, 7) is 10.9. The molecule has 1 N–H and O–H groups in total. The van der Waals surface area contributed by atoms with Crippen molar-refractivity contribution < 1.29 is 22.7 Å². The molecule has 3 amide bonds. The van der Waals surface area contributed by atoms with E-state index in [9.17, 15) is 13.2 Å². The molecule has 3 aliphatic rings. The van der Waals surface area contributed by atoms with Crippen LogP contribution in [-0.4, -0.2) is 103 Å². The van der Waals surface area contributed by atoms with Crippen LogP contribution in [-0.2, 0) is 14.8 Å². The maximum Gasteiger partial charge on any atom is 0.326 e. The van der Waals surface area contributed by atoms with Crippen LogP contribution in [0.2, 0.25) is 10.0 Å². The zero-order valence-electron chi connectivity index (χ0n) is 30.7. The standard InChI is InChI=1S/C39H48Cl2N6O5S/c1-5-52-33-18-17-31(53(50,51)46-19-7-6-8-20-46)25-32(33)37-42-35(27-9-13-29(40)14-10-27)36(28-11-15-30(41)16-12-28)47(37)38(49)45-23-21-44(22-24-45)26-34(48)43-39(2,3)4/h9-18,25,35-36H,5-8,19-24,26H2,1-4H3,(H,43,48)/t35-,36+/m0/s1. The Labute approximate surface area is 322 Å². The SMILES string of the molecule is CCOc1ccc(S(=O)(=O)N2CCCCC2)cc1C1=N[C@@H](c2ccc(Cl)cc2)[C@@H](c2ccc(Cl)cc2)N1C(=O)N1CCN(CC(=O)NC(C)(C)C)CC1. The van der Waals surface area contributed by atoms with Crippen molar-refractivity contribution >= 4 is 51.0 Å². The molecule has 11 nitrogen and oxygen atoms in total. The first-order valence-electron chi connectivity index (χ1n) is 18.2. The fourth-order valence-electron chi connectivity index (χ4n) is 7.14. The van der Waals surface area contributed by atoms with Crippen molar-refractivity contribution in [2.45, 2.75) is 69.5 Å². The van der Waals surface area contributed by atoms with Crippen LogP contribution in [0.4, 0.5) is 4.79 Å². The number of halogens is 2. The minimum absolute atomic E-state index is 0.0670. The number of benzene rings is 3. The Balaban J connectivity index is 1.43. The van der Waals surface area contributed by atoms with Crippen LogP contribution in [0.3, 0.4) is 0 Å². The Kier molecular flexibility index (Phi) is 12.0. The molecule has 2 saturated heterocycles. The molecule has 3 aliphatic heterocycles. The van der Waals surface area contributed by atoms with E-state index >= 15 is 4.79 Å². The lowest BCUT2D eigenvalue weighted by Gasteiger charge is -2.39. The highest BCUT2D eigenvalue weighted by atomic mass is 35.5. The molecule has 2 atom stereocenters. The molecule has 3 aromatic rings. The van der Waals surface area contributed by atoms with Gasteiger partial charge in [-0.2, -0.15) is 4.31 Å². The van der Waals surface area contributed by atoms with Crippen LogP contribution in [0.5, 0.6) is 5.75 Å². The number of hydrogen-bond donors (Lipinski definition) is 1. The second-order valence-corrected chi connectivity index (χ2v) is 17.5. The van der Waals surface area contributed by atoms with E-state index in [1.807, 2.05) is 56.9 Å². The number of carbonyl (C=O) groups is 2. The molecule has 0 aliphatic carbocycles. The van der Waals surface area contributed by atoms with Crippen molar-refractivity contribution in [1.29, 1.82) is 0 Å².